The van der Waals surface area contributed by atoms with Crippen LogP contribution in [-0.4, -0.2) is 44.1 Å². The average molecular weight is 361 g/mol. The van der Waals surface area contributed by atoms with Crippen LogP contribution in [0.15, 0.2) is 35.0 Å². The first-order valence-electron chi connectivity index (χ1n) is 7.72. The average Bonchev–Trinajstić information content (AvgIpc) is 3.25. The number of fused-ring (bicyclic) bond motifs is 1. The molecule has 0 saturated heterocycles. The summed E-state index contributed by atoms with van der Waals surface area (Å²) in [5.41, 5.74) is 1.58. The molecule has 1 aliphatic heterocycles. The standard InChI is InChI=1S/C17H19N3O4S/c1-20(2)13(11-5-6-25-9-11)8-18-16(21)17(22)19-12-3-4-14-15(7-12)24-10-23-14/h3-7,9,13H,8,10H2,1-2H3,(H,18,21)(H,19,22). The molecule has 2 N–H and O–H groups in total. The van der Waals surface area contributed by atoms with E-state index in [9.17, 15) is 9.59 Å². The van der Waals surface area contributed by atoms with Crippen molar-refractivity contribution in [1.82, 2.24) is 10.2 Å². The molecule has 0 radical (unpaired) electrons. The quantitative estimate of drug-likeness (QED) is 0.795. The van der Waals surface area contributed by atoms with E-state index in [0.717, 1.165) is 5.56 Å². The highest BCUT2D eigenvalue weighted by molar-refractivity contribution is 7.07. The number of likely N-dealkylation sites (N-methyl/N-ethyl adjacent to an activating group) is 1. The van der Waals surface area contributed by atoms with E-state index in [2.05, 4.69) is 10.6 Å². The van der Waals surface area contributed by atoms with Gasteiger partial charge in [0.2, 0.25) is 6.79 Å². The van der Waals surface area contributed by atoms with E-state index in [1.165, 1.54) is 0 Å². The molecule has 132 valence electrons. The Morgan fingerprint density at radius 3 is 2.72 bits per heavy atom. The molecule has 25 heavy (non-hydrogen) atoms. The number of hydrogen-bond acceptors (Lipinski definition) is 6. The third-order valence-corrected chi connectivity index (χ3v) is 4.55. The smallest absolute Gasteiger partial charge is 0.313 e. The zero-order chi connectivity index (χ0) is 17.8. The number of nitrogens with zero attached hydrogens (tertiary/aromatic N) is 1. The lowest BCUT2D eigenvalue weighted by Crippen LogP contribution is -2.40. The van der Waals surface area contributed by atoms with Gasteiger partial charge in [-0.1, -0.05) is 0 Å². The van der Waals surface area contributed by atoms with Crippen molar-refractivity contribution in [3.8, 4) is 11.5 Å². The molecule has 0 spiro atoms. The van der Waals surface area contributed by atoms with Gasteiger partial charge in [-0.2, -0.15) is 11.3 Å². The second-order valence-electron chi connectivity index (χ2n) is 5.77. The van der Waals surface area contributed by atoms with Crippen molar-refractivity contribution in [3.63, 3.8) is 0 Å². The van der Waals surface area contributed by atoms with Crippen LogP contribution in [0.2, 0.25) is 0 Å². The normalized spacial score (nSPS) is 13.6. The lowest BCUT2D eigenvalue weighted by Gasteiger charge is -2.23. The van der Waals surface area contributed by atoms with Gasteiger partial charge in [0.25, 0.3) is 0 Å². The zero-order valence-electron chi connectivity index (χ0n) is 13.9. The summed E-state index contributed by atoms with van der Waals surface area (Å²) in [6.45, 7) is 0.499. The molecule has 0 aliphatic carbocycles. The van der Waals surface area contributed by atoms with Crippen molar-refractivity contribution < 1.29 is 19.1 Å². The van der Waals surface area contributed by atoms with Crippen LogP contribution >= 0.6 is 11.3 Å². The minimum Gasteiger partial charge on any atom is -0.454 e. The maximum atomic E-state index is 12.1. The summed E-state index contributed by atoms with van der Waals surface area (Å²) in [7, 11) is 3.86. The molecule has 2 amide bonds. The predicted octanol–water partition coefficient (Wildman–Crippen LogP) is 1.83. The molecule has 1 atom stereocenters. The van der Waals surface area contributed by atoms with Crippen molar-refractivity contribution in [3.05, 3.63) is 40.6 Å². The molecule has 0 saturated carbocycles. The Kier molecular flexibility index (Phi) is 5.20. The molecule has 7 nitrogen and oxygen atoms in total. The van der Waals surface area contributed by atoms with Gasteiger partial charge in [-0.25, -0.2) is 0 Å². The summed E-state index contributed by atoms with van der Waals surface area (Å²) >= 11 is 1.60. The third-order valence-electron chi connectivity index (χ3n) is 3.84. The van der Waals surface area contributed by atoms with Gasteiger partial charge in [0.15, 0.2) is 11.5 Å². The number of anilines is 1. The predicted molar refractivity (Wildman–Crippen MR) is 95.0 cm³/mol. The van der Waals surface area contributed by atoms with Gasteiger partial charge in [-0.15, -0.1) is 0 Å². The largest absolute Gasteiger partial charge is 0.454 e. The highest BCUT2D eigenvalue weighted by atomic mass is 32.1. The number of carbonyl (C=O) groups is 2. The van der Waals surface area contributed by atoms with Crippen molar-refractivity contribution in [2.45, 2.75) is 6.04 Å². The lowest BCUT2D eigenvalue weighted by atomic mass is 10.1. The topological polar surface area (TPSA) is 79.9 Å². The maximum Gasteiger partial charge on any atom is 0.313 e. The van der Waals surface area contributed by atoms with Crippen molar-refractivity contribution in [1.29, 1.82) is 0 Å². The van der Waals surface area contributed by atoms with Crippen molar-refractivity contribution >= 4 is 28.8 Å². The molecule has 1 unspecified atom stereocenters. The van der Waals surface area contributed by atoms with E-state index in [0.29, 0.717) is 23.7 Å². The SMILES string of the molecule is CN(C)C(CNC(=O)C(=O)Nc1ccc2c(c1)OCO2)c1ccsc1. The van der Waals surface area contributed by atoms with Gasteiger partial charge in [0, 0.05) is 18.3 Å². The van der Waals surface area contributed by atoms with Crippen LogP contribution in [0.4, 0.5) is 5.69 Å². The lowest BCUT2D eigenvalue weighted by molar-refractivity contribution is -0.136. The van der Waals surface area contributed by atoms with Crippen LogP contribution in [0.5, 0.6) is 11.5 Å². The van der Waals surface area contributed by atoms with Crippen LogP contribution in [0, 0.1) is 0 Å². The Balaban J connectivity index is 1.56. The highest BCUT2D eigenvalue weighted by Crippen LogP contribution is 2.34. The molecule has 0 bridgehead atoms. The highest BCUT2D eigenvalue weighted by Gasteiger charge is 2.20. The Morgan fingerprint density at radius 1 is 1.20 bits per heavy atom. The van der Waals surface area contributed by atoms with E-state index in [4.69, 9.17) is 9.47 Å². The number of carbonyl (C=O) groups excluding carboxylic acids is 2. The van der Waals surface area contributed by atoms with Crippen LogP contribution in [-0.2, 0) is 9.59 Å². The van der Waals surface area contributed by atoms with E-state index >= 15 is 0 Å². The summed E-state index contributed by atoms with van der Waals surface area (Å²) in [5.74, 6) is -0.239. The second-order valence-corrected chi connectivity index (χ2v) is 6.55. The fourth-order valence-electron chi connectivity index (χ4n) is 2.49. The summed E-state index contributed by atoms with van der Waals surface area (Å²) < 4.78 is 10.5. The van der Waals surface area contributed by atoms with Crippen molar-refractivity contribution in [2.75, 3.05) is 32.7 Å². The van der Waals surface area contributed by atoms with E-state index in [-0.39, 0.29) is 12.8 Å². The molecule has 0 fully saturated rings. The molecule has 1 aromatic heterocycles. The maximum absolute atomic E-state index is 12.1. The minimum atomic E-state index is -0.721. The molecule has 1 aromatic carbocycles. The Hall–Kier alpha value is -2.58. The summed E-state index contributed by atoms with van der Waals surface area (Å²) in [5, 5.41) is 9.26. The number of benzene rings is 1. The van der Waals surface area contributed by atoms with Gasteiger partial charge < -0.3 is 25.0 Å². The van der Waals surface area contributed by atoms with Gasteiger partial charge in [-0.3, -0.25) is 9.59 Å². The van der Waals surface area contributed by atoms with E-state index in [1.807, 2.05) is 35.8 Å². The molecule has 1 aliphatic rings. The number of hydrogen-bond donors (Lipinski definition) is 2. The van der Waals surface area contributed by atoms with Crippen LogP contribution in [0.25, 0.3) is 0 Å². The molecule has 2 aromatic rings. The van der Waals surface area contributed by atoms with Gasteiger partial charge >= 0.3 is 11.8 Å². The van der Waals surface area contributed by atoms with E-state index < -0.39 is 11.8 Å². The summed E-state index contributed by atoms with van der Waals surface area (Å²) in [6.07, 6.45) is 0. The molecular formula is C17H19N3O4S. The fourth-order valence-corrected chi connectivity index (χ4v) is 3.20. The Morgan fingerprint density at radius 2 is 2.00 bits per heavy atom. The van der Waals surface area contributed by atoms with Gasteiger partial charge in [-0.05, 0) is 48.6 Å². The number of amides is 2. The van der Waals surface area contributed by atoms with Gasteiger partial charge in [0.05, 0.1) is 6.04 Å². The Bertz CT molecular complexity index is 761. The first-order chi connectivity index (χ1) is 12.0. The van der Waals surface area contributed by atoms with E-state index in [1.54, 1.807) is 29.5 Å². The molecule has 3 rings (SSSR count). The summed E-state index contributed by atoms with van der Waals surface area (Å²) in [6, 6.07) is 6.99. The monoisotopic (exact) mass is 361 g/mol. The second kappa shape index (κ2) is 7.54. The number of nitrogens with one attached hydrogen (secondary N) is 2. The zero-order valence-corrected chi connectivity index (χ0v) is 14.8. The van der Waals surface area contributed by atoms with Gasteiger partial charge in [0.1, 0.15) is 0 Å². The van der Waals surface area contributed by atoms with Crippen LogP contribution in [0.3, 0.4) is 0 Å². The summed E-state index contributed by atoms with van der Waals surface area (Å²) in [4.78, 5) is 26.2. The number of rotatable bonds is 5. The van der Waals surface area contributed by atoms with Crippen LogP contribution in [0.1, 0.15) is 11.6 Å². The fraction of sp³-hybridized carbons (Fsp3) is 0.294. The molecule has 2 heterocycles. The first kappa shape index (κ1) is 17.2. The van der Waals surface area contributed by atoms with Crippen LogP contribution < -0.4 is 20.1 Å². The molecule has 8 heteroatoms. The number of ether oxygens (including phenoxy) is 2. The molecular weight excluding hydrogens is 342 g/mol. The third kappa shape index (κ3) is 4.09. The first-order valence-corrected chi connectivity index (χ1v) is 8.66. The van der Waals surface area contributed by atoms with Crippen molar-refractivity contribution in [2.24, 2.45) is 0 Å². The Labute approximate surface area is 149 Å². The number of thiophene rings is 1. The minimum absolute atomic E-state index is 0.00791.